The molecule has 0 saturated carbocycles. The lowest BCUT2D eigenvalue weighted by Gasteiger charge is -2.07. The molecule has 0 fully saturated rings. The van der Waals surface area contributed by atoms with Gasteiger partial charge in [0.1, 0.15) is 4.60 Å². The highest BCUT2D eigenvalue weighted by molar-refractivity contribution is 9.10. The molecular formula is C13H8Br2N4O2. The molecule has 2 heterocycles. The lowest BCUT2D eigenvalue weighted by atomic mass is 10.2. The Morgan fingerprint density at radius 3 is 2.52 bits per heavy atom. The fourth-order valence-corrected chi connectivity index (χ4v) is 2.53. The van der Waals surface area contributed by atoms with Crippen LogP contribution in [0.1, 0.15) is 10.4 Å². The maximum atomic E-state index is 12.2. The number of amides is 1. The lowest BCUT2D eigenvalue weighted by molar-refractivity contribution is 0.102. The number of imidazole rings is 1. The van der Waals surface area contributed by atoms with Gasteiger partial charge in [-0.2, -0.15) is 0 Å². The number of nitrogens with zero attached hydrogens (tertiary/aromatic N) is 1. The summed E-state index contributed by atoms with van der Waals surface area (Å²) in [6.07, 6.45) is 1.48. The van der Waals surface area contributed by atoms with Gasteiger partial charge < -0.3 is 15.3 Å². The normalized spacial score (nSPS) is 10.8. The fraction of sp³-hybridized carbons (Fsp3) is 0. The Hall–Kier alpha value is -1.93. The molecule has 0 saturated heterocycles. The molecule has 3 aromatic rings. The summed E-state index contributed by atoms with van der Waals surface area (Å²) in [6.45, 7) is 0. The minimum atomic E-state index is -0.294. The van der Waals surface area contributed by atoms with Crippen LogP contribution in [0, 0.1) is 0 Å². The highest BCUT2D eigenvalue weighted by Crippen LogP contribution is 2.26. The summed E-state index contributed by atoms with van der Waals surface area (Å²) in [5.74, 6) is -0.284. The van der Waals surface area contributed by atoms with Crippen LogP contribution < -0.4 is 11.0 Å². The van der Waals surface area contributed by atoms with Crippen molar-refractivity contribution >= 4 is 54.5 Å². The largest absolute Gasteiger partial charge is 0.323 e. The fourth-order valence-electron chi connectivity index (χ4n) is 1.86. The van der Waals surface area contributed by atoms with Crippen molar-refractivity contribution in [1.82, 2.24) is 15.0 Å². The van der Waals surface area contributed by atoms with E-state index in [9.17, 15) is 9.59 Å². The zero-order valence-electron chi connectivity index (χ0n) is 10.4. The Morgan fingerprint density at radius 1 is 1.14 bits per heavy atom. The Kier molecular flexibility index (Phi) is 3.64. The number of fused-ring (bicyclic) bond motifs is 1. The molecule has 6 nitrogen and oxygen atoms in total. The van der Waals surface area contributed by atoms with E-state index in [-0.39, 0.29) is 11.6 Å². The monoisotopic (exact) mass is 410 g/mol. The van der Waals surface area contributed by atoms with Gasteiger partial charge >= 0.3 is 5.69 Å². The topological polar surface area (TPSA) is 90.6 Å². The van der Waals surface area contributed by atoms with Gasteiger partial charge in [-0.15, -0.1) is 0 Å². The molecule has 0 bridgehead atoms. The maximum absolute atomic E-state index is 12.2. The van der Waals surface area contributed by atoms with Gasteiger partial charge in [0, 0.05) is 10.7 Å². The average Bonchev–Trinajstić information content (AvgIpc) is 2.79. The molecule has 1 aromatic carbocycles. The van der Waals surface area contributed by atoms with Gasteiger partial charge in [0.2, 0.25) is 0 Å². The van der Waals surface area contributed by atoms with Crippen molar-refractivity contribution in [1.29, 1.82) is 0 Å². The molecular weight excluding hydrogens is 404 g/mol. The van der Waals surface area contributed by atoms with E-state index in [1.165, 1.54) is 6.20 Å². The van der Waals surface area contributed by atoms with E-state index < -0.39 is 0 Å². The van der Waals surface area contributed by atoms with E-state index in [4.69, 9.17) is 0 Å². The molecule has 0 spiro atoms. The Labute approximate surface area is 135 Å². The van der Waals surface area contributed by atoms with E-state index in [1.807, 2.05) is 0 Å². The molecule has 1 amide bonds. The number of aromatic nitrogens is 3. The average molecular weight is 412 g/mol. The van der Waals surface area contributed by atoms with Crippen LogP contribution >= 0.6 is 31.9 Å². The van der Waals surface area contributed by atoms with Crippen LogP contribution in [0.3, 0.4) is 0 Å². The molecule has 0 unspecified atom stereocenters. The van der Waals surface area contributed by atoms with Gasteiger partial charge in [-0.3, -0.25) is 4.79 Å². The maximum Gasteiger partial charge on any atom is 0.323 e. The van der Waals surface area contributed by atoms with Crippen molar-refractivity contribution in [3.63, 3.8) is 0 Å². The van der Waals surface area contributed by atoms with E-state index in [1.54, 1.807) is 24.3 Å². The standard InChI is InChI=1S/C13H8Br2N4O2/c14-7-3-9-10(19-13(21)18-9)4-8(7)17-12(20)6-1-2-11(15)16-5-6/h1-5H,(H,17,20)(H2,18,19,21). The minimum absolute atomic E-state index is 0.284. The summed E-state index contributed by atoms with van der Waals surface area (Å²) in [6, 6.07) is 6.76. The van der Waals surface area contributed by atoms with Crippen molar-refractivity contribution < 1.29 is 4.79 Å². The molecule has 106 valence electrons. The molecule has 3 rings (SSSR count). The lowest BCUT2D eigenvalue weighted by Crippen LogP contribution is -2.12. The predicted molar refractivity (Wildman–Crippen MR) is 86.5 cm³/mol. The van der Waals surface area contributed by atoms with Crippen molar-refractivity contribution in [3.05, 3.63) is 55.6 Å². The SMILES string of the molecule is O=C(Nc1cc2[nH]c(=O)[nH]c2cc1Br)c1ccc(Br)nc1. The number of carbonyl (C=O) groups is 1. The summed E-state index contributed by atoms with van der Waals surface area (Å²) in [5.41, 5.74) is 1.98. The van der Waals surface area contributed by atoms with Crippen molar-refractivity contribution in [3.8, 4) is 0 Å². The number of aromatic amines is 2. The predicted octanol–water partition coefficient (Wildman–Crippen LogP) is 3.03. The van der Waals surface area contributed by atoms with E-state index in [0.717, 1.165) is 0 Å². The number of nitrogens with one attached hydrogen (secondary N) is 3. The quantitative estimate of drug-likeness (QED) is 0.566. The Balaban J connectivity index is 1.93. The number of pyridine rings is 1. The van der Waals surface area contributed by atoms with Gasteiger partial charge in [-0.05, 0) is 56.1 Å². The number of carbonyl (C=O) groups excluding carboxylic acids is 1. The molecule has 0 atom stereocenters. The van der Waals surface area contributed by atoms with Gasteiger partial charge in [0.15, 0.2) is 0 Å². The van der Waals surface area contributed by atoms with Crippen molar-refractivity contribution in [2.75, 3.05) is 5.32 Å². The number of anilines is 1. The molecule has 21 heavy (non-hydrogen) atoms. The van der Waals surface area contributed by atoms with Crippen LogP contribution in [0.25, 0.3) is 11.0 Å². The van der Waals surface area contributed by atoms with E-state index >= 15 is 0 Å². The summed E-state index contributed by atoms with van der Waals surface area (Å²) in [5, 5.41) is 2.77. The van der Waals surface area contributed by atoms with Crippen LogP contribution in [-0.2, 0) is 0 Å². The van der Waals surface area contributed by atoms with Gasteiger partial charge in [-0.25, -0.2) is 9.78 Å². The molecule has 0 aliphatic heterocycles. The van der Waals surface area contributed by atoms with Crippen LogP contribution in [0.15, 0.2) is 44.3 Å². The number of benzene rings is 1. The highest BCUT2D eigenvalue weighted by atomic mass is 79.9. The molecule has 2 aromatic heterocycles. The number of H-pyrrole nitrogens is 2. The van der Waals surface area contributed by atoms with Crippen LogP contribution in [0.5, 0.6) is 0 Å². The zero-order valence-corrected chi connectivity index (χ0v) is 13.6. The third-order valence-electron chi connectivity index (χ3n) is 2.84. The van der Waals surface area contributed by atoms with Crippen LogP contribution in [-0.4, -0.2) is 20.9 Å². The summed E-state index contributed by atoms with van der Waals surface area (Å²) in [4.78, 5) is 32.7. The van der Waals surface area contributed by atoms with E-state index in [0.29, 0.717) is 31.4 Å². The summed E-state index contributed by atoms with van der Waals surface area (Å²) in [7, 11) is 0. The minimum Gasteiger partial charge on any atom is -0.321 e. The molecule has 0 aliphatic rings. The first-order chi connectivity index (χ1) is 10.0. The van der Waals surface area contributed by atoms with Crippen molar-refractivity contribution in [2.24, 2.45) is 0 Å². The molecule has 8 heteroatoms. The van der Waals surface area contributed by atoms with Gasteiger partial charge in [-0.1, -0.05) is 0 Å². The zero-order chi connectivity index (χ0) is 15.0. The van der Waals surface area contributed by atoms with Crippen LogP contribution in [0.2, 0.25) is 0 Å². The number of rotatable bonds is 2. The molecule has 3 N–H and O–H groups in total. The van der Waals surface area contributed by atoms with E-state index in [2.05, 4.69) is 52.1 Å². The Morgan fingerprint density at radius 2 is 1.86 bits per heavy atom. The first kappa shape index (κ1) is 14.0. The molecule has 0 aliphatic carbocycles. The smallest absolute Gasteiger partial charge is 0.321 e. The number of hydrogen-bond donors (Lipinski definition) is 3. The number of halogens is 2. The first-order valence-electron chi connectivity index (χ1n) is 5.87. The second kappa shape index (κ2) is 5.45. The summed E-state index contributed by atoms with van der Waals surface area (Å²) >= 11 is 6.58. The highest BCUT2D eigenvalue weighted by Gasteiger charge is 2.11. The van der Waals surface area contributed by atoms with Gasteiger partial charge in [0.05, 0.1) is 22.3 Å². The summed E-state index contributed by atoms with van der Waals surface area (Å²) < 4.78 is 1.33. The third-order valence-corrected chi connectivity index (χ3v) is 3.97. The second-order valence-corrected chi connectivity index (χ2v) is 5.95. The third kappa shape index (κ3) is 2.91. The van der Waals surface area contributed by atoms with Crippen LogP contribution in [0.4, 0.5) is 5.69 Å². The van der Waals surface area contributed by atoms with Gasteiger partial charge in [0.25, 0.3) is 5.91 Å². The van der Waals surface area contributed by atoms with Crippen molar-refractivity contribution in [2.45, 2.75) is 0 Å². The molecule has 0 radical (unpaired) electrons. The second-order valence-electron chi connectivity index (χ2n) is 4.28. The first-order valence-corrected chi connectivity index (χ1v) is 7.46. The Bertz CT molecular complexity index is 883. The number of hydrogen-bond acceptors (Lipinski definition) is 3.